The van der Waals surface area contributed by atoms with Crippen molar-refractivity contribution in [1.82, 2.24) is 15.5 Å². The summed E-state index contributed by atoms with van der Waals surface area (Å²) < 4.78 is 5.39. The van der Waals surface area contributed by atoms with Crippen LogP contribution in [0.25, 0.3) is 10.9 Å². The second kappa shape index (κ2) is 5.01. The lowest BCUT2D eigenvalue weighted by atomic mass is 10.1. The van der Waals surface area contributed by atoms with E-state index in [9.17, 15) is 4.79 Å². The fourth-order valence-corrected chi connectivity index (χ4v) is 2.70. The summed E-state index contributed by atoms with van der Waals surface area (Å²) >= 11 is 0. The predicted molar refractivity (Wildman–Crippen MR) is 72.0 cm³/mol. The molecule has 2 atom stereocenters. The molecule has 1 fully saturated rings. The number of aromatic amines is 1. The average Bonchev–Trinajstić information content (AvgIpc) is 3.05. The van der Waals surface area contributed by atoms with Crippen molar-refractivity contribution in [3.8, 4) is 0 Å². The summed E-state index contributed by atoms with van der Waals surface area (Å²) in [6.45, 7) is 0. The molecule has 1 aliphatic rings. The second-order valence-corrected chi connectivity index (χ2v) is 4.96. The number of hydrogen-bond donors (Lipinski definition) is 2. The Morgan fingerprint density at radius 1 is 1.47 bits per heavy atom. The number of carbonyl (C=O) groups is 1. The molecule has 0 saturated heterocycles. The fourth-order valence-electron chi connectivity index (χ4n) is 2.70. The van der Waals surface area contributed by atoms with Gasteiger partial charge in [0.05, 0.1) is 23.9 Å². The highest BCUT2D eigenvalue weighted by Gasteiger charge is 2.28. The molecule has 1 aliphatic carbocycles. The average molecular weight is 259 g/mol. The third-order valence-corrected chi connectivity index (χ3v) is 3.78. The molecule has 2 aromatic rings. The Morgan fingerprint density at radius 2 is 2.37 bits per heavy atom. The first kappa shape index (κ1) is 12.2. The minimum Gasteiger partial charge on any atom is -0.379 e. The lowest BCUT2D eigenvalue weighted by Gasteiger charge is -2.19. The van der Waals surface area contributed by atoms with Crippen LogP contribution in [0.3, 0.4) is 0 Å². The van der Waals surface area contributed by atoms with Crippen molar-refractivity contribution in [3.63, 3.8) is 0 Å². The van der Waals surface area contributed by atoms with Crippen molar-refractivity contribution in [2.24, 2.45) is 0 Å². The number of fused-ring (bicyclic) bond motifs is 1. The van der Waals surface area contributed by atoms with Crippen LogP contribution in [-0.4, -0.2) is 35.4 Å². The van der Waals surface area contributed by atoms with E-state index >= 15 is 0 Å². The number of rotatable bonds is 3. The molecule has 0 radical (unpaired) electrons. The van der Waals surface area contributed by atoms with E-state index < -0.39 is 0 Å². The molecule has 0 spiro atoms. The van der Waals surface area contributed by atoms with Gasteiger partial charge in [0.25, 0.3) is 5.91 Å². The van der Waals surface area contributed by atoms with Gasteiger partial charge in [0.1, 0.15) is 0 Å². The van der Waals surface area contributed by atoms with E-state index in [0.717, 1.165) is 30.2 Å². The normalized spacial score (nSPS) is 22.8. The highest BCUT2D eigenvalue weighted by atomic mass is 16.5. The van der Waals surface area contributed by atoms with E-state index in [4.69, 9.17) is 4.74 Å². The molecular weight excluding hydrogens is 242 g/mol. The maximum absolute atomic E-state index is 12.2. The SMILES string of the molecule is COC1CCCC1NC(=O)c1ccc2cn[nH]c2c1. The monoisotopic (exact) mass is 259 g/mol. The van der Waals surface area contributed by atoms with Gasteiger partial charge in [-0.25, -0.2) is 0 Å². The van der Waals surface area contributed by atoms with Crippen LogP contribution in [0, 0.1) is 0 Å². The fraction of sp³-hybridized carbons (Fsp3) is 0.429. The van der Waals surface area contributed by atoms with Gasteiger partial charge < -0.3 is 10.1 Å². The maximum Gasteiger partial charge on any atom is 0.251 e. The summed E-state index contributed by atoms with van der Waals surface area (Å²) in [5.74, 6) is -0.0505. The Bertz CT molecular complexity index is 593. The van der Waals surface area contributed by atoms with Crippen LogP contribution in [0.2, 0.25) is 0 Å². The minimum absolute atomic E-state index is 0.0505. The van der Waals surface area contributed by atoms with Gasteiger partial charge in [-0.3, -0.25) is 9.89 Å². The van der Waals surface area contributed by atoms with Gasteiger partial charge in [0, 0.05) is 18.1 Å². The summed E-state index contributed by atoms with van der Waals surface area (Å²) in [5.41, 5.74) is 1.53. The van der Waals surface area contributed by atoms with Gasteiger partial charge in [-0.15, -0.1) is 0 Å². The molecule has 2 unspecified atom stereocenters. The Morgan fingerprint density at radius 3 is 3.21 bits per heavy atom. The van der Waals surface area contributed by atoms with Gasteiger partial charge >= 0.3 is 0 Å². The molecule has 0 aliphatic heterocycles. The third-order valence-electron chi connectivity index (χ3n) is 3.78. The van der Waals surface area contributed by atoms with Crippen LogP contribution in [0.5, 0.6) is 0 Å². The smallest absolute Gasteiger partial charge is 0.251 e. The largest absolute Gasteiger partial charge is 0.379 e. The van der Waals surface area contributed by atoms with E-state index in [1.807, 2.05) is 18.2 Å². The van der Waals surface area contributed by atoms with Gasteiger partial charge in [0.2, 0.25) is 0 Å². The van der Waals surface area contributed by atoms with E-state index in [1.165, 1.54) is 0 Å². The van der Waals surface area contributed by atoms with Crippen molar-refractivity contribution in [2.45, 2.75) is 31.4 Å². The van der Waals surface area contributed by atoms with Crippen molar-refractivity contribution in [2.75, 3.05) is 7.11 Å². The van der Waals surface area contributed by atoms with Crippen LogP contribution in [0.15, 0.2) is 24.4 Å². The summed E-state index contributed by atoms with van der Waals surface area (Å²) in [4.78, 5) is 12.2. The van der Waals surface area contributed by atoms with Gasteiger partial charge in [0.15, 0.2) is 0 Å². The maximum atomic E-state index is 12.2. The van der Waals surface area contributed by atoms with Crippen molar-refractivity contribution < 1.29 is 9.53 Å². The van der Waals surface area contributed by atoms with Crippen LogP contribution < -0.4 is 5.32 Å². The molecule has 1 saturated carbocycles. The van der Waals surface area contributed by atoms with Crippen LogP contribution in [0.1, 0.15) is 29.6 Å². The lowest BCUT2D eigenvalue weighted by molar-refractivity contribution is 0.0722. The summed E-state index contributed by atoms with van der Waals surface area (Å²) in [7, 11) is 1.70. The van der Waals surface area contributed by atoms with E-state index in [2.05, 4.69) is 15.5 Å². The number of amides is 1. The van der Waals surface area contributed by atoms with Crippen LogP contribution in [-0.2, 0) is 4.74 Å². The van der Waals surface area contributed by atoms with E-state index in [1.54, 1.807) is 13.3 Å². The molecule has 0 bridgehead atoms. The number of nitrogens with zero attached hydrogens (tertiary/aromatic N) is 1. The lowest BCUT2D eigenvalue weighted by Crippen LogP contribution is -2.40. The molecule has 19 heavy (non-hydrogen) atoms. The number of methoxy groups -OCH3 is 1. The topological polar surface area (TPSA) is 67.0 Å². The Balaban J connectivity index is 1.76. The van der Waals surface area contributed by atoms with Crippen molar-refractivity contribution >= 4 is 16.8 Å². The molecule has 1 amide bonds. The number of hydrogen-bond acceptors (Lipinski definition) is 3. The van der Waals surface area contributed by atoms with Crippen LogP contribution in [0.4, 0.5) is 0 Å². The summed E-state index contributed by atoms with van der Waals surface area (Å²) in [6, 6.07) is 5.67. The van der Waals surface area contributed by atoms with Gasteiger partial charge in [-0.1, -0.05) is 6.07 Å². The van der Waals surface area contributed by atoms with Crippen molar-refractivity contribution in [1.29, 1.82) is 0 Å². The highest BCUT2D eigenvalue weighted by Crippen LogP contribution is 2.22. The molecule has 5 heteroatoms. The molecule has 1 aromatic carbocycles. The number of nitrogens with one attached hydrogen (secondary N) is 2. The molecule has 1 aromatic heterocycles. The molecule has 3 rings (SSSR count). The second-order valence-electron chi connectivity index (χ2n) is 4.96. The predicted octanol–water partition coefficient (Wildman–Crippen LogP) is 1.86. The summed E-state index contributed by atoms with van der Waals surface area (Å²) in [6.07, 6.45) is 4.98. The van der Waals surface area contributed by atoms with Crippen LogP contribution >= 0.6 is 0 Å². The number of H-pyrrole nitrogens is 1. The minimum atomic E-state index is -0.0505. The molecule has 100 valence electrons. The number of ether oxygens (including phenoxy) is 1. The number of carbonyl (C=O) groups excluding carboxylic acids is 1. The van der Waals surface area contributed by atoms with Gasteiger partial charge in [-0.2, -0.15) is 5.10 Å². The van der Waals surface area contributed by atoms with E-state index in [-0.39, 0.29) is 18.1 Å². The van der Waals surface area contributed by atoms with Crippen molar-refractivity contribution in [3.05, 3.63) is 30.0 Å². The zero-order valence-corrected chi connectivity index (χ0v) is 10.8. The number of aromatic nitrogens is 2. The molecule has 1 heterocycles. The Hall–Kier alpha value is -1.88. The molecule has 5 nitrogen and oxygen atoms in total. The Labute approximate surface area is 111 Å². The highest BCUT2D eigenvalue weighted by molar-refractivity contribution is 5.97. The first-order valence-corrected chi connectivity index (χ1v) is 6.55. The summed E-state index contributed by atoms with van der Waals surface area (Å²) in [5, 5.41) is 10.9. The number of benzene rings is 1. The molecular formula is C14H17N3O2. The standard InChI is InChI=1S/C14H17N3O2/c1-19-13-4-2-3-11(13)16-14(18)9-5-6-10-8-15-17-12(10)7-9/h5-8,11,13H,2-4H2,1H3,(H,15,17)(H,16,18). The first-order valence-electron chi connectivity index (χ1n) is 6.55. The zero-order valence-electron chi connectivity index (χ0n) is 10.8. The Kier molecular flexibility index (Phi) is 3.21. The third kappa shape index (κ3) is 2.33. The quantitative estimate of drug-likeness (QED) is 0.884. The van der Waals surface area contributed by atoms with Gasteiger partial charge in [-0.05, 0) is 31.4 Å². The van der Waals surface area contributed by atoms with E-state index in [0.29, 0.717) is 5.56 Å². The zero-order chi connectivity index (χ0) is 13.2. The first-order chi connectivity index (χ1) is 9.28. The molecule has 2 N–H and O–H groups in total.